The van der Waals surface area contributed by atoms with Gasteiger partial charge in [0.1, 0.15) is 23.6 Å². The van der Waals surface area contributed by atoms with Crippen LogP contribution in [0.2, 0.25) is 0 Å². The normalized spacial score (nSPS) is 31.4. The molecular formula is C19H22N2O4. The van der Waals surface area contributed by atoms with E-state index >= 15 is 0 Å². The van der Waals surface area contributed by atoms with Crippen molar-refractivity contribution in [2.45, 2.75) is 63.1 Å². The molecule has 4 aliphatic rings. The van der Waals surface area contributed by atoms with Crippen LogP contribution in [0, 0.1) is 6.92 Å². The number of aryl methyl sites for hydroxylation is 1. The summed E-state index contributed by atoms with van der Waals surface area (Å²) in [6.07, 6.45) is 3.76. The van der Waals surface area contributed by atoms with E-state index in [0.29, 0.717) is 12.8 Å². The maximum Gasteiger partial charge on any atom is 0.325 e. The Labute approximate surface area is 146 Å². The van der Waals surface area contributed by atoms with E-state index in [1.807, 2.05) is 12.1 Å². The summed E-state index contributed by atoms with van der Waals surface area (Å²) in [7, 11) is 0. The van der Waals surface area contributed by atoms with E-state index < -0.39 is 6.04 Å². The number of ether oxygens (including phenoxy) is 2. The minimum Gasteiger partial charge on any atom is -0.492 e. The van der Waals surface area contributed by atoms with Gasteiger partial charge in [-0.2, -0.15) is 0 Å². The Hall–Kier alpha value is -2.24. The molecule has 1 atom stereocenters. The fraction of sp³-hybridized carbons (Fsp3) is 0.579. The Bertz CT molecular complexity index is 780. The number of fused-ring (bicyclic) bond motifs is 2. The fourth-order valence-corrected chi connectivity index (χ4v) is 4.28. The number of hydrogen-bond acceptors (Lipinski definition) is 4. The molecule has 132 valence electrons. The first-order chi connectivity index (χ1) is 12.0. The predicted molar refractivity (Wildman–Crippen MR) is 89.9 cm³/mol. The molecular weight excluding hydrogens is 320 g/mol. The summed E-state index contributed by atoms with van der Waals surface area (Å²) < 4.78 is 12.2. The average Bonchev–Trinajstić information content (AvgIpc) is 3.14. The molecule has 2 heterocycles. The Kier molecular flexibility index (Phi) is 2.95. The molecule has 25 heavy (non-hydrogen) atoms. The van der Waals surface area contributed by atoms with Crippen LogP contribution >= 0.6 is 0 Å². The van der Waals surface area contributed by atoms with E-state index in [1.54, 1.807) is 6.92 Å². The maximum absolute atomic E-state index is 12.1. The van der Waals surface area contributed by atoms with Gasteiger partial charge < -0.3 is 14.8 Å². The summed E-state index contributed by atoms with van der Waals surface area (Å²) in [5.74, 6) is 1.79. The highest BCUT2D eigenvalue weighted by Crippen LogP contribution is 2.59. The van der Waals surface area contributed by atoms with Crippen LogP contribution in [-0.4, -0.2) is 41.6 Å². The van der Waals surface area contributed by atoms with Crippen LogP contribution in [0.15, 0.2) is 12.1 Å². The third-order valence-corrected chi connectivity index (χ3v) is 6.09. The topological polar surface area (TPSA) is 67.9 Å². The SMILES string of the molecule is Cc1ccc(OC2CC(N3C(=O)N[C@@H](C)C3=O)C2)c2c1OCC21CC1. The number of rotatable bonds is 3. The molecule has 2 aliphatic carbocycles. The van der Waals surface area contributed by atoms with E-state index in [-0.39, 0.29) is 29.5 Å². The Balaban J connectivity index is 1.31. The number of hydrogen-bond donors (Lipinski definition) is 1. The fourth-order valence-electron chi connectivity index (χ4n) is 4.28. The minimum atomic E-state index is -0.417. The third kappa shape index (κ3) is 2.09. The van der Waals surface area contributed by atoms with Crippen molar-refractivity contribution in [3.05, 3.63) is 23.3 Å². The number of benzene rings is 1. The van der Waals surface area contributed by atoms with E-state index in [4.69, 9.17) is 9.47 Å². The van der Waals surface area contributed by atoms with Crippen LogP contribution in [0.4, 0.5) is 4.79 Å². The van der Waals surface area contributed by atoms with Crippen LogP contribution in [0.1, 0.15) is 43.7 Å². The first-order valence-corrected chi connectivity index (χ1v) is 9.06. The van der Waals surface area contributed by atoms with Gasteiger partial charge in [0, 0.05) is 29.9 Å². The molecule has 1 spiro atoms. The van der Waals surface area contributed by atoms with Gasteiger partial charge in [-0.05, 0) is 38.3 Å². The van der Waals surface area contributed by atoms with Crippen molar-refractivity contribution in [1.82, 2.24) is 10.2 Å². The van der Waals surface area contributed by atoms with Crippen LogP contribution in [0.5, 0.6) is 11.5 Å². The van der Waals surface area contributed by atoms with Crippen LogP contribution in [0.3, 0.4) is 0 Å². The molecule has 2 saturated carbocycles. The molecule has 1 N–H and O–H groups in total. The van der Waals surface area contributed by atoms with Crippen molar-refractivity contribution in [3.8, 4) is 11.5 Å². The van der Waals surface area contributed by atoms with E-state index in [1.165, 1.54) is 10.5 Å². The summed E-state index contributed by atoms with van der Waals surface area (Å²) in [4.78, 5) is 25.4. The molecule has 3 amide bonds. The smallest absolute Gasteiger partial charge is 0.325 e. The van der Waals surface area contributed by atoms with Gasteiger partial charge in [-0.3, -0.25) is 9.69 Å². The summed E-state index contributed by atoms with van der Waals surface area (Å²) in [6, 6.07) is 3.35. The van der Waals surface area contributed by atoms with Crippen LogP contribution in [-0.2, 0) is 10.2 Å². The monoisotopic (exact) mass is 342 g/mol. The summed E-state index contributed by atoms with van der Waals surface area (Å²) in [5.41, 5.74) is 2.56. The Morgan fingerprint density at radius 3 is 2.68 bits per heavy atom. The standard InChI is InChI=1S/C19H22N2O4/c1-10-3-4-14(15-16(10)24-9-19(15)5-6-19)25-13-7-12(8-13)21-17(22)11(2)20-18(21)23/h3-4,11-13H,5-9H2,1-2H3,(H,20,23)/t11-,12?,13?/m0/s1. The highest BCUT2D eigenvalue weighted by molar-refractivity contribution is 6.04. The van der Waals surface area contributed by atoms with Gasteiger partial charge in [-0.15, -0.1) is 0 Å². The number of imide groups is 1. The van der Waals surface area contributed by atoms with Gasteiger partial charge in [-0.1, -0.05) is 6.07 Å². The second-order valence-electron chi connectivity index (χ2n) is 7.90. The largest absolute Gasteiger partial charge is 0.492 e. The van der Waals surface area contributed by atoms with Gasteiger partial charge in [0.2, 0.25) is 0 Å². The highest BCUT2D eigenvalue weighted by atomic mass is 16.5. The van der Waals surface area contributed by atoms with Crippen molar-refractivity contribution in [2.75, 3.05) is 6.61 Å². The Morgan fingerprint density at radius 2 is 2.04 bits per heavy atom. The van der Waals surface area contributed by atoms with Gasteiger partial charge in [0.05, 0.1) is 6.61 Å². The predicted octanol–water partition coefficient (Wildman–Crippen LogP) is 2.27. The average molecular weight is 342 g/mol. The van der Waals surface area contributed by atoms with Crippen molar-refractivity contribution < 1.29 is 19.1 Å². The lowest BCUT2D eigenvalue weighted by atomic mass is 9.87. The first kappa shape index (κ1) is 15.0. The van der Waals surface area contributed by atoms with Gasteiger partial charge >= 0.3 is 6.03 Å². The molecule has 3 fully saturated rings. The second kappa shape index (κ2) is 4.90. The maximum atomic E-state index is 12.1. The first-order valence-electron chi connectivity index (χ1n) is 9.06. The molecule has 5 rings (SSSR count). The van der Waals surface area contributed by atoms with Crippen LogP contribution < -0.4 is 14.8 Å². The lowest BCUT2D eigenvalue weighted by molar-refractivity contribution is -0.131. The number of nitrogens with one attached hydrogen (secondary N) is 1. The van der Waals surface area contributed by atoms with Gasteiger partial charge in [0.15, 0.2) is 0 Å². The zero-order valence-electron chi connectivity index (χ0n) is 14.5. The molecule has 6 heteroatoms. The molecule has 6 nitrogen and oxygen atoms in total. The quantitative estimate of drug-likeness (QED) is 0.856. The van der Waals surface area contributed by atoms with Gasteiger partial charge in [-0.25, -0.2) is 4.79 Å². The van der Waals surface area contributed by atoms with Crippen LogP contribution in [0.25, 0.3) is 0 Å². The number of urea groups is 1. The zero-order chi connectivity index (χ0) is 17.3. The molecule has 1 aromatic rings. The van der Waals surface area contributed by atoms with Crippen molar-refractivity contribution >= 4 is 11.9 Å². The molecule has 2 aliphatic heterocycles. The van der Waals surface area contributed by atoms with Gasteiger partial charge in [0.25, 0.3) is 5.91 Å². The molecule has 0 bridgehead atoms. The number of carbonyl (C=O) groups excluding carboxylic acids is 2. The highest BCUT2D eigenvalue weighted by Gasteiger charge is 2.53. The van der Waals surface area contributed by atoms with Crippen molar-refractivity contribution in [1.29, 1.82) is 0 Å². The molecule has 0 aromatic heterocycles. The number of nitrogens with zero attached hydrogens (tertiary/aromatic N) is 1. The van der Waals surface area contributed by atoms with Crippen molar-refractivity contribution in [3.63, 3.8) is 0 Å². The Morgan fingerprint density at radius 1 is 1.28 bits per heavy atom. The molecule has 1 aromatic carbocycles. The lowest BCUT2D eigenvalue weighted by Gasteiger charge is -2.39. The number of carbonyl (C=O) groups is 2. The lowest BCUT2D eigenvalue weighted by Crippen LogP contribution is -2.52. The molecule has 1 saturated heterocycles. The molecule has 0 radical (unpaired) electrons. The van der Waals surface area contributed by atoms with E-state index in [9.17, 15) is 9.59 Å². The summed E-state index contributed by atoms with van der Waals surface area (Å²) in [6.45, 7) is 4.55. The summed E-state index contributed by atoms with van der Waals surface area (Å²) in [5, 5.41) is 2.67. The minimum absolute atomic E-state index is 0.0460. The number of amides is 3. The third-order valence-electron chi connectivity index (χ3n) is 6.09. The van der Waals surface area contributed by atoms with E-state index in [2.05, 4.69) is 12.2 Å². The molecule has 0 unspecified atom stereocenters. The second-order valence-corrected chi connectivity index (χ2v) is 7.90. The van der Waals surface area contributed by atoms with Crippen molar-refractivity contribution in [2.24, 2.45) is 0 Å². The van der Waals surface area contributed by atoms with E-state index in [0.717, 1.165) is 36.5 Å². The summed E-state index contributed by atoms with van der Waals surface area (Å²) >= 11 is 0. The zero-order valence-corrected chi connectivity index (χ0v) is 14.5.